The van der Waals surface area contributed by atoms with Gasteiger partial charge in [0, 0.05) is 24.8 Å². The highest BCUT2D eigenvalue weighted by Gasteiger charge is 2.13. The highest BCUT2D eigenvalue weighted by molar-refractivity contribution is 7.13. The van der Waals surface area contributed by atoms with Gasteiger partial charge in [-0.05, 0) is 30.5 Å². The van der Waals surface area contributed by atoms with Crippen LogP contribution in [-0.2, 0) is 6.54 Å². The van der Waals surface area contributed by atoms with Crippen LogP contribution < -0.4 is 5.32 Å². The lowest BCUT2D eigenvalue weighted by molar-refractivity contribution is 0.191. The quantitative estimate of drug-likeness (QED) is 0.735. The number of hydrogen-bond acceptors (Lipinski definition) is 4. The predicted molar refractivity (Wildman–Crippen MR) is 90.3 cm³/mol. The number of para-hydroxylation sites is 1. The summed E-state index contributed by atoms with van der Waals surface area (Å²) >= 11 is 1.69. The minimum atomic E-state index is -0.352. The summed E-state index contributed by atoms with van der Waals surface area (Å²) < 4.78 is 1.91. The SMILES string of the molecule is C[C@@H](O)CNCc1cn(-c2ccccc2)nc1-c1cccs1. The zero-order valence-electron chi connectivity index (χ0n) is 12.4. The molecule has 1 atom stereocenters. The third-order valence-corrected chi connectivity index (χ3v) is 4.20. The van der Waals surface area contributed by atoms with Crippen LogP contribution in [-0.4, -0.2) is 27.5 Å². The van der Waals surface area contributed by atoms with E-state index in [1.54, 1.807) is 18.3 Å². The third-order valence-electron chi connectivity index (χ3n) is 3.32. The Bertz CT molecular complexity index is 705. The fraction of sp³-hybridized carbons (Fsp3) is 0.235. The van der Waals surface area contributed by atoms with Gasteiger partial charge in [0.25, 0.3) is 0 Å². The number of rotatable bonds is 6. The van der Waals surface area contributed by atoms with E-state index in [1.807, 2.05) is 41.1 Å². The molecular formula is C17H19N3OS. The number of thiophene rings is 1. The van der Waals surface area contributed by atoms with Gasteiger partial charge in [0.15, 0.2) is 0 Å². The van der Waals surface area contributed by atoms with Crippen molar-refractivity contribution in [2.75, 3.05) is 6.54 Å². The second-order valence-corrected chi connectivity index (χ2v) is 6.19. The molecule has 0 saturated carbocycles. The molecule has 0 amide bonds. The molecule has 22 heavy (non-hydrogen) atoms. The molecule has 0 bridgehead atoms. The van der Waals surface area contributed by atoms with Gasteiger partial charge in [-0.3, -0.25) is 0 Å². The Hall–Kier alpha value is -1.95. The van der Waals surface area contributed by atoms with Crippen molar-refractivity contribution in [3.8, 4) is 16.3 Å². The van der Waals surface area contributed by atoms with E-state index in [2.05, 4.69) is 23.0 Å². The van der Waals surface area contributed by atoms with Crippen molar-refractivity contribution in [2.24, 2.45) is 0 Å². The van der Waals surface area contributed by atoms with Crippen molar-refractivity contribution in [3.63, 3.8) is 0 Å². The Kier molecular flexibility index (Phi) is 4.68. The molecule has 1 aromatic carbocycles. The molecule has 114 valence electrons. The molecule has 2 N–H and O–H groups in total. The van der Waals surface area contributed by atoms with E-state index in [9.17, 15) is 5.11 Å². The predicted octanol–water partition coefficient (Wildman–Crippen LogP) is 3.07. The van der Waals surface area contributed by atoms with Crippen LogP contribution in [0.5, 0.6) is 0 Å². The molecule has 0 fully saturated rings. The number of benzene rings is 1. The molecule has 0 aliphatic rings. The standard InChI is InChI=1S/C17H19N3OS/c1-13(21)10-18-11-14-12-20(15-6-3-2-4-7-15)19-17(14)16-8-5-9-22-16/h2-9,12-13,18,21H,10-11H2,1H3/t13-/m1/s1. The number of hydrogen-bond donors (Lipinski definition) is 2. The molecule has 3 rings (SSSR count). The first-order valence-corrected chi connectivity index (χ1v) is 8.18. The highest BCUT2D eigenvalue weighted by Crippen LogP contribution is 2.27. The summed E-state index contributed by atoms with van der Waals surface area (Å²) in [6.45, 7) is 3.03. The van der Waals surface area contributed by atoms with Crippen LogP contribution in [0.2, 0.25) is 0 Å². The third kappa shape index (κ3) is 3.44. The van der Waals surface area contributed by atoms with Gasteiger partial charge in [-0.15, -0.1) is 11.3 Å². The maximum absolute atomic E-state index is 9.39. The van der Waals surface area contributed by atoms with Crippen LogP contribution >= 0.6 is 11.3 Å². The molecule has 2 heterocycles. The van der Waals surface area contributed by atoms with E-state index in [0.717, 1.165) is 21.8 Å². The smallest absolute Gasteiger partial charge is 0.107 e. The maximum atomic E-state index is 9.39. The first-order valence-electron chi connectivity index (χ1n) is 7.30. The van der Waals surface area contributed by atoms with Crippen LogP contribution in [0.1, 0.15) is 12.5 Å². The highest BCUT2D eigenvalue weighted by atomic mass is 32.1. The van der Waals surface area contributed by atoms with Gasteiger partial charge in [-0.1, -0.05) is 24.3 Å². The van der Waals surface area contributed by atoms with Gasteiger partial charge < -0.3 is 10.4 Å². The maximum Gasteiger partial charge on any atom is 0.107 e. The minimum Gasteiger partial charge on any atom is -0.392 e. The molecule has 4 nitrogen and oxygen atoms in total. The largest absolute Gasteiger partial charge is 0.392 e. The topological polar surface area (TPSA) is 50.1 Å². The zero-order valence-corrected chi connectivity index (χ0v) is 13.3. The molecule has 3 aromatic rings. The van der Waals surface area contributed by atoms with Crippen molar-refractivity contribution in [3.05, 3.63) is 59.6 Å². The average molecular weight is 313 g/mol. The van der Waals surface area contributed by atoms with Crippen molar-refractivity contribution < 1.29 is 5.11 Å². The summed E-state index contributed by atoms with van der Waals surface area (Å²) in [5, 5.41) is 19.5. The Balaban J connectivity index is 1.91. The average Bonchev–Trinajstić information content (AvgIpc) is 3.16. The molecule has 0 radical (unpaired) electrons. The first-order chi connectivity index (χ1) is 10.7. The molecule has 0 unspecified atom stereocenters. The van der Waals surface area contributed by atoms with Crippen LogP contribution in [0.3, 0.4) is 0 Å². The second-order valence-electron chi connectivity index (χ2n) is 5.24. The minimum absolute atomic E-state index is 0.352. The number of aliphatic hydroxyl groups excluding tert-OH is 1. The van der Waals surface area contributed by atoms with Gasteiger partial charge in [-0.2, -0.15) is 5.10 Å². The lowest BCUT2D eigenvalue weighted by Gasteiger charge is -2.06. The van der Waals surface area contributed by atoms with Crippen LogP contribution in [0.25, 0.3) is 16.3 Å². The van der Waals surface area contributed by atoms with Crippen molar-refractivity contribution >= 4 is 11.3 Å². The monoisotopic (exact) mass is 313 g/mol. The van der Waals surface area contributed by atoms with Crippen molar-refractivity contribution in [1.29, 1.82) is 0 Å². The molecule has 2 aromatic heterocycles. The van der Waals surface area contributed by atoms with E-state index in [-0.39, 0.29) is 6.10 Å². The Labute approximate surface area is 134 Å². The Morgan fingerprint density at radius 2 is 2.05 bits per heavy atom. The molecule has 0 saturated heterocycles. The van der Waals surface area contributed by atoms with Crippen LogP contribution in [0.15, 0.2) is 54.0 Å². The molecular weight excluding hydrogens is 294 g/mol. The molecule has 0 aliphatic carbocycles. The van der Waals surface area contributed by atoms with Gasteiger partial charge in [0.1, 0.15) is 5.69 Å². The van der Waals surface area contributed by atoms with Gasteiger partial charge in [0.05, 0.1) is 16.7 Å². The van der Waals surface area contributed by atoms with E-state index >= 15 is 0 Å². The summed E-state index contributed by atoms with van der Waals surface area (Å²) in [4.78, 5) is 1.16. The van der Waals surface area contributed by atoms with E-state index in [4.69, 9.17) is 5.10 Å². The Morgan fingerprint density at radius 1 is 1.23 bits per heavy atom. The zero-order chi connectivity index (χ0) is 15.4. The summed E-state index contributed by atoms with van der Waals surface area (Å²) in [6.07, 6.45) is 1.70. The molecule has 5 heteroatoms. The van der Waals surface area contributed by atoms with Crippen LogP contribution in [0, 0.1) is 0 Å². The number of nitrogens with one attached hydrogen (secondary N) is 1. The number of nitrogens with zero attached hydrogens (tertiary/aromatic N) is 2. The van der Waals surface area contributed by atoms with Crippen molar-refractivity contribution in [2.45, 2.75) is 19.6 Å². The van der Waals surface area contributed by atoms with Gasteiger partial charge >= 0.3 is 0 Å². The summed E-state index contributed by atoms with van der Waals surface area (Å²) in [7, 11) is 0. The van der Waals surface area contributed by atoms with E-state index in [0.29, 0.717) is 13.1 Å². The van der Waals surface area contributed by atoms with E-state index < -0.39 is 0 Å². The van der Waals surface area contributed by atoms with Gasteiger partial charge in [-0.25, -0.2) is 4.68 Å². The van der Waals surface area contributed by atoms with Crippen molar-refractivity contribution in [1.82, 2.24) is 15.1 Å². The van der Waals surface area contributed by atoms with E-state index in [1.165, 1.54) is 0 Å². The normalized spacial score (nSPS) is 12.5. The fourth-order valence-corrected chi connectivity index (χ4v) is 3.03. The Morgan fingerprint density at radius 3 is 2.73 bits per heavy atom. The fourth-order valence-electron chi connectivity index (χ4n) is 2.29. The molecule has 0 spiro atoms. The summed E-state index contributed by atoms with van der Waals surface area (Å²) in [5.74, 6) is 0. The number of aromatic nitrogens is 2. The lowest BCUT2D eigenvalue weighted by atomic mass is 10.2. The first kappa shape index (κ1) is 15.0. The number of aliphatic hydroxyl groups is 1. The van der Waals surface area contributed by atoms with Gasteiger partial charge in [0.2, 0.25) is 0 Å². The summed E-state index contributed by atoms with van der Waals surface area (Å²) in [5.41, 5.74) is 3.17. The van der Waals surface area contributed by atoms with Crippen LogP contribution in [0.4, 0.5) is 0 Å². The lowest BCUT2D eigenvalue weighted by Crippen LogP contribution is -2.23. The second kappa shape index (κ2) is 6.87. The molecule has 0 aliphatic heterocycles. The summed E-state index contributed by atoms with van der Waals surface area (Å²) in [6, 6.07) is 14.2.